The molecule has 4 aliphatic rings. The van der Waals surface area contributed by atoms with Crippen LogP contribution in [0.1, 0.15) is 71.4 Å². The molecule has 5 heterocycles. The number of rotatable bonds is 2. The van der Waals surface area contributed by atoms with E-state index in [1.165, 1.54) is 6.07 Å². The van der Waals surface area contributed by atoms with E-state index >= 15 is 4.39 Å². The predicted molar refractivity (Wildman–Crippen MR) is 131 cm³/mol. The Bertz CT molecular complexity index is 1480. The highest BCUT2D eigenvalue weighted by Gasteiger charge is 2.57. The van der Waals surface area contributed by atoms with E-state index < -0.39 is 11.2 Å². The standard InChI is InChI=1S/C27H26FN5O3/c1-13-2-3-22(14-6-18-23(19(28)7-14)32-26(35)27(18)4-5-27)33(10-13)25(34)20-8-15-16-11-36-12-17(16)24(29)31-21(15)9-30-20/h6-9,13,22H,2-5,10-12H2,1H3,(H2,29,31)(H,32,35)/t13-,22?/m0/s1. The Labute approximate surface area is 207 Å². The number of nitrogen functional groups attached to an aromatic ring is 1. The van der Waals surface area contributed by atoms with E-state index in [2.05, 4.69) is 22.2 Å². The molecule has 184 valence electrons. The molecule has 8 nitrogen and oxygen atoms in total. The fourth-order valence-electron chi connectivity index (χ4n) is 6.16. The van der Waals surface area contributed by atoms with Crippen molar-refractivity contribution in [2.24, 2.45) is 5.92 Å². The largest absolute Gasteiger partial charge is 0.383 e. The summed E-state index contributed by atoms with van der Waals surface area (Å²) in [5, 5.41) is 3.55. The highest BCUT2D eigenvalue weighted by molar-refractivity contribution is 6.08. The number of ether oxygens (including phenoxy) is 1. The lowest BCUT2D eigenvalue weighted by Crippen LogP contribution is -2.42. The zero-order valence-electron chi connectivity index (χ0n) is 19.9. The number of carbonyl (C=O) groups excluding carboxylic acids is 2. The number of anilines is 2. The highest BCUT2D eigenvalue weighted by atomic mass is 19.1. The summed E-state index contributed by atoms with van der Waals surface area (Å²) in [6.07, 6.45) is 4.69. The first-order valence-corrected chi connectivity index (χ1v) is 12.5. The zero-order valence-corrected chi connectivity index (χ0v) is 19.9. The van der Waals surface area contributed by atoms with Gasteiger partial charge in [-0.3, -0.25) is 9.59 Å². The summed E-state index contributed by atoms with van der Waals surface area (Å²) in [7, 11) is 0. The maximum Gasteiger partial charge on any atom is 0.272 e. The second kappa shape index (κ2) is 7.46. The van der Waals surface area contributed by atoms with Crippen molar-refractivity contribution >= 4 is 34.2 Å². The molecule has 3 aliphatic heterocycles. The summed E-state index contributed by atoms with van der Waals surface area (Å²) in [4.78, 5) is 37.1. The van der Waals surface area contributed by atoms with Gasteiger partial charge in [0.05, 0.1) is 42.1 Å². The maximum atomic E-state index is 15.2. The minimum Gasteiger partial charge on any atom is -0.383 e. The normalized spacial score (nSPS) is 23.6. The highest BCUT2D eigenvalue weighted by Crippen LogP contribution is 2.56. The number of likely N-dealkylation sites (tertiary alicyclic amines) is 1. The van der Waals surface area contributed by atoms with Gasteiger partial charge in [-0.25, -0.2) is 14.4 Å². The number of carbonyl (C=O) groups is 2. The summed E-state index contributed by atoms with van der Waals surface area (Å²) in [5.74, 6) is -0.0179. The fraction of sp³-hybridized carbons (Fsp3) is 0.407. The van der Waals surface area contributed by atoms with Gasteiger partial charge in [0, 0.05) is 17.5 Å². The van der Waals surface area contributed by atoms with Crippen LogP contribution in [0.5, 0.6) is 0 Å². The van der Waals surface area contributed by atoms with E-state index in [0.717, 1.165) is 46.9 Å². The van der Waals surface area contributed by atoms with Gasteiger partial charge in [-0.15, -0.1) is 0 Å². The number of nitrogens with two attached hydrogens (primary N) is 1. The number of fused-ring (bicyclic) bond motifs is 5. The molecule has 1 spiro atoms. The van der Waals surface area contributed by atoms with Gasteiger partial charge in [-0.1, -0.05) is 13.0 Å². The predicted octanol–water partition coefficient (Wildman–Crippen LogP) is 3.98. The first-order valence-electron chi connectivity index (χ1n) is 12.5. The fourth-order valence-corrected chi connectivity index (χ4v) is 6.16. The molecule has 1 saturated carbocycles. The van der Waals surface area contributed by atoms with E-state index in [4.69, 9.17) is 10.5 Å². The smallest absolute Gasteiger partial charge is 0.272 e. The number of nitrogens with one attached hydrogen (secondary N) is 1. The van der Waals surface area contributed by atoms with Crippen molar-refractivity contribution in [1.82, 2.24) is 14.9 Å². The van der Waals surface area contributed by atoms with Crippen LogP contribution < -0.4 is 11.1 Å². The lowest BCUT2D eigenvalue weighted by Gasteiger charge is -2.39. The molecule has 0 radical (unpaired) electrons. The molecular weight excluding hydrogens is 461 g/mol. The Morgan fingerprint density at radius 1 is 1.22 bits per heavy atom. The Morgan fingerprint density at radius 2 is 2.03 bits per heavy atom. The first-order chi connectivity index (χ1) is 17.4. The van der Waals surface area contributed by atoms with Crippen molar-refractivity contribution in [2.45, 2.75) is 57.3 Å². The second-order valence-corrected chi connectivity index (χ2v) is 10.7. The van der Waals surface area contributed by atoms with Crippen LogP contribution in [0.3, 0.4) is 0 Å². The number of hydrogen-bond acceptors (Lipinski definition) is 6. The van der Waals surface area contributed by atoms with Gasteiger partial charge in [-0.2, -0.15) is 0 Å². The van der Waals surface area contributed by atoms with Crippen LogP contribution in [0.2, 0.25) is 0 Å². The van der Waals surface area contributed by atoms with Crippen molar-refractivity contribution in [2.75, 3.05) is 17.6 Å². The number of amides is 2. The van der Waals surface area contributed by atoms with Crippen LogP contribution in [0.25, 0.3) is 10.9 Å². The van der Waals surface area contributed by atoms with Gasteiger partial charge in [0.15, 0.2) is 0 Å². The van der Waals surface area contributed by atoms with Crippen LogP contribution in [0, 0.1) is 11.7 Å². The Hall–Kier alpha value is -3.59. The summed E-state index contributed by atoms with van der Waals surface area (Å²) in [5.41, 5.74) is 10.0. The summed E-state index contributed by atoms with van der Waals surface area (Å²) in [6.45, 7) is 3.49. The molecule has 7 rings (SSSR count). The molecule has 9 heteroatoms. The third-order valence-electron chi connectivity index (χ3n) is 8.35. The lowest BCUT2D eigenvalue weighted by molar-refractivity contribution is -0.117. The Balaban J connectivity index is 1.28. The molecule has 2 amide bonds. The molecule has 1 aromatic carbocycles. The van der Waals surface area contributed by atoms with Crippen LogP contribution in [0.15, 0.2) is 24.4 Å². The number of nitrogens with zero attached hydrogens (tertiary/aromatic N) is 3. The average molecular weight is 488 g/mol. The van der Waals surface area contributed by atoms with Gasteiger partial charge < -0.3 is 20.7 Å². The van der Waals surface area contributed by atoms with Crippen molar-refractivity contribution < 1.29 is 18.7 Å². The molecule has 0 bridgehead atoms. The van der Waals surface area contributed by atoms with E-state index in [0.29, 0.717) is 54.8 Å². The monoisotopic (exact) mass is 487 g/mol. The van der Waals surface area contributed by atoms with E-state index in [1.807, 2.05) is 11.0 Å². The number of benzene rings is 1. The molecule has 2 atom stereocenters. The molecule has 2 fully saturated rings. The van der Waals surface area contributed by atoms with Crippen molar-refractivity contribution in [3.05, 3.63) is 58.2 Å². The quantitative estimate of drug-likeness (QED) is 0.566. The molecule has 1 saturated heterocycles. The van der Waals surface area contributed by atoms with Gasteiger partial charge in [0.2, 0.25) is 5.91 Å². The molecular formula is C27H26FN5O3. The number of pyridine rings is 2. The van der Waals surface area contributed by atoms with Gasteiger partial charge >= 0.3 is 0 Å². The SMILES string of the molecule is C[C@H]1CCC(c2cc(F)c3c(c2)C2(CC2)C(=O)N3)N(C(=O)c2cc3c4c(c(N)nc3cn2)COC4)C1. The molecule has 36 heavy (non-hydrogen) atoms. The van der Waals surface area contributed by atoms with E-state index in [-0.39, 0.29) is 17.9 Å². The minimum absolute atomic E-state index is 0.120. The van der Waals surface area contributed by atoms with Crippen molar-refractivity contribution in [3.8, 4) is 0 Å². The van der Waals surface area contributed by atoms with E-state index in [9.17, 15) is 9.59 Å². The van der Waals surface area contributed by atoms with Crippen LogP contribution in [-0.2, 0) is 28.2 Å². The van der Waals surface area contributed by atoms with Crippen LogP contribution in [-0.4, -0.2) is 33.2 Å². The van der Waals surface area contributed by atoms with Crippen LogP contribution >= 0.6 is 0 Å². The van der Waals surface area contributed by atoms with Crippen molar-refractivity contribution in [1.29, 1.82) is 0 Å². The second-order valence-electron chi connectivity index (χ2n) is 10.7. The number of hydrogen-bond donors (Lipinski definition) is 2. The van der Waals surface area contributed by atoms with Gasteiger partial charge in [0.1, 0.15) is 17.3 Å². The summed E-state index contributed by atoms with van der Waals surface area (Å²) < 4.78 is 20.7. The number of aromatic nitrogens is 2. The molecule has 1 unspecified atom stereocenters. The molecule has 3 aromatic rings. The van der Waals surface area contributed by atoms with Crippen molar-refractivity contribution in [3.63, 3.8) is 0 Å². The third-order valence-corrected chi connectivity index (χ3v) is 8.35. The van der Waals surface area contributed by atoms with Gasteiger partial charge in [-0.05, 0) is 60.4 Å². The topological polar surface area (TPSA) is 110 Å². The zero-order chi connectivity index (χ0) is 24.8. The third kappa shape index (κ3) is 3.01. The first kappa shape index (κ1) is 21.7. The maximum absolute atomic E-state index is 15.2. The van der Waals surface area contributed by atoms with Crippen LogP contribution in [0.4, 0.5) is 15.9 Å². The Kier molecular flexibility index (Phi) is 4.49. The molecule has 3 N–H and O–H groups in total. The molecule has 2 aromatic heterocycles. The Morgan fingerprint density at radius 3 is 2.83 bits per heavy atom. The molecule has 1 aliphatic carbocycles. The number of piperidine rings is 1. The lowest BCUT2D eigenvalue weighted by atomic mass is 9.87. The summed E-state index contributed by atoms with van der Waals surface area (Å²) in [6, 6.07) is 4.90. The number of halogens is 1. The van der Waals surface area contributed by atoms with E-state index in [1.54, 1.807) is 12.3 Å². The van der Waals surface area contributed by atoms with Gasteiger partial charge in [0.25, 0.3) is 5.91 Å². The average Bonchev–Trinajstić information content (AvgIpc) is 3.43. The summed E-state index contributed by atoms with van der Waals surface area (Å²) >= 11 is 0. The minimum atomic E-state index is -0.597.